The number of hydrogen-bond acceptors (Lipinski definition) is 4. The topological polar surface area (TPSA) is 56.4 Å². The SMILES string of the molecule is CNCNCCNC(=O)C1CCN(C)CC1. The third kappa shape index (κ3) is 4.92. The number of likely N-dealkylation sites (tertiary alicyclic amines) is 1. The molecule has 1 saturated heterocycles. The van der Waals surface area contributed by atoms with Crippen LogP contribution in [-0.2, 0) is 4.79 Å². The van der Waals surface area contributed by atoms with Crippen molar-refractivity contribution in [3.63, 3.8) is 0 Å². The number of nitrogens with one attached hydrogen (secondary N) is 3. The standard InChI is InChI=1S/C11H24N4O/c1-12-9-13-5-6-14-11(16)10-3-7-15(2)8-4-10/h10,12-13H,3-9H2,1-2H3,(H,14,16). The van der Waals surface area contributed by atoms with E-state index in [1.54, 1.807) is 0 Å². The smallest absolute Gasteiger partial charge is 0.223 e. The summed E-state index contributed by atoms with van der Waals surface area (Å²) >= 11 is 0. The fourth-order valence-corrected chi connectivity index (χ4v) is 1.90. The summed E-state index contributed by atoms with van der Waals surface area (Å²) in [6.07, 6.45) is 1.98. The van der Waals surface area contributed by atoms with Crippen LogP contribution in [0.25, 0.3) is 0 Å². The Kier molecular flexibility index (Phi) is 6.37. The summed E-state index contributed by atoms with van der Waals surface area (Å²) in [6, 6.07) is 0. The minimum atomic E-state index is 0.222. The molecule has 0 aromatic rings. The molecule has 0 spiro atoms. The van der Waals surface area contributed by atoms with E-state index in [9.17, 15) is 4.79 Å². The predicted molar refractivity (Wildman–Crippen MR) is 65.2 cm³/mol. The third-order valence-corrected chi connectivity index (χ3v) is 2.99. The maximum absolute atomic E-state index is 11.8. The summed E-state index contributed by atoms with van der Waals surface area (Å²) < 4.78 is 0. The first-order chi connectivity index (χ1) is 7.74. The lowest BCUT2D eigenvalue weighted by Gasteiger charge is -2.28. The van der Waals surface area contributed by atoms with E-state index in [1.165, 1.54) is 0 Å². The van der Waals surface area contributed by atoms with Crippen molar-refractivity contribution in [2.45, 2.75) is 12.8 Å². The number of nitrogens with zero attached hydrogens (tertiary/aromatic N) is 1. The zero-order chi connectivity index (χ0) is 11.8. The Labute approximate surface area is 98.0 Å². The van der Waals surface area contributed by atoms with Gasteiger partial charge in [0.25, 0.3) is 0 Å². The van der Waals surface area contributed by atoms with Crippen LogP contribution in [-0.4, -0.2) is 57.8 Å². The minimum absolute atomic E-state index is 0.222. The Bertz CT molecular complexity index is 202. The van der Waals surface area contributed by atoms with E-state index >= 15 is 0 Å². The first kappa shape index (κ1) is 13.4. The molecule has 0 atom stereocenters. The fraction of sp³-hybridized carbons (Fsp3) is 0.909. The molecule has 94 valence electrons. The average molecular weight is 228 g/mol. The molecule has 0 radical (unpaired) electrons. The Balaban J connectivity index is 2.06. The van der Waals surface area contributed by atoms with Crippen molar-refractivity contribution in [3.05, 3.63) is 0 Å². The number of carbonyl (C=O) groups is 1. The summed E-state index contributed by atoms with van der Waals surface area (Å²) in [7, 11) is 4.00. The highest BCUT2D eigenvalue weighted by Gasteiger charge is 2.22. The average Bonchev–Trinajstić information content (AvgIpc) is 2.29. The second-order valence-electron chi connectivity index (χ2n) is 4.40. The van der Waals surface area contributed by atoms with E-state index in [2.05, 4.69) is 27.9 Å². The van der Waals surface area contributed by atoms with E-state index in [0.717, 1.165) is 39.1 Å². The molecule has 0 bridgehead atoms. The first-order valence-corrected chi connectivity index (χ1v) is 6.05. The number of amides is 1. The maximum atomic E-state index is 11.8. The van der Waals surface area contributed by atoms with Crippen LogP contribution in [0.1, 0.15) is 12.8 Å². The molecular weight excluding hydrogens is 204 g/mol. The van der Waals surface area contributed by atoms with Crippen LogP contribution in [0.4, 0.5) is 0 Å². The second-order valence-corrected chi connectivity index (χ2v) is 4.40. The van der Waals surface area contributed by atoms with Gasteiger partial charge in [-0.3, -0.25) is 4.79 Å². The second kappa shape index (κ2) is 7.60. The van der Waals surface area contributed by atoms with Crippen molar-refractivity contribution in [2.75, 3.05) is 46.9 Å². The van der Waals surface area contributed by atoms with Crippen LogP contribution in [0, 0.1) is 5.92 Å². The molecule has 0 aliphatic carbocycles. The van der Waals surface area contributed by atoms with Gasteiger partial charge in [-0.2, -0.15) is 0 Å². The number of rotatable bonds is 6. The van der Waals surface area contributed by atoms with Gasteiger partial charge in [0.15, 0.2) is 0 Å². The fourth-order valence-electron chi connectivity index (χ4n) is 1.90. The highest BCUT2D eigenvalue weighted by Crippen LogP contribution is 2.15. The van der Waals surface area contributed by atoms with Gasteiger partial charge < -0.3 is 20.9 Å². The Morgan fingerprint density at radius 2 is 2.00 bits per heavy atom. The molecule has 5 heteroatoms. The van der Waals surface area contributed by atoms with Crippen molar-refractivity contribution in [1.29, 1.82) is 0 Å². The predicted octanol–water partition coefficient (Wildman–Crippen LogP) is -0.789. The van der Waals surface area contributed by atoms with Crippen molar-refractivity contribution >= 4 is 5.91 Å². The molecule has 3 N–H and O–H groups in total. The number of carbonyl (C=O) groups excluding carboxylic acids is 1. The Hall–Kier alpha value is -0.650. The molecular formula is C11H24N4O. The van der Waals surface area contributed by atoms with Gasteiger partial charge in [0.1, 0.15) is 0 Å². The van der Waals surface area contributed by atoms with Crippen molar-refractivity contribution in [3.8, 4) is 0 Å². The highest BCUT2D eigenvalue weighted by atomic mass is 16.1. The lowest BCUT2D eigenvalue weighted by Crippen LogP contribution is -2.41. The quantitative estimate of drug-likeness (QED) is 0.412. The Morgan fingerprint density at radius 3 is 2.62 bits per heavy atom. The molecule has 0 aromatic carbocycles. The molecule has 16 heavy (non-hydrogen) atoms. The highest BCUT2D eigenvalue weighted by molar-refractivity contribution is 5.78. The normalized spacial score (nSPS) is 18.6. The monoisotopic (exact) mass is 228 g/mol. The van der Waals surface area contributed by atoms with Gasteiger partial charge >= 0.3 is 0 Å². The molecule has 5 nitrogen and oxygen atoms in total. The molecule has 0 unspecified atom stereocenters. The van der Waals surface area contributed by atoms with Gasteiger partial charge in [0.05, 0.1) is 0 Å². The largest absolute Gasteiger partial charge is 0.355 e. The van der Waals surface area contributed by atoms with Crippen LogP contribution < -0.4 is 16.0 Å². The third-order valence-electron chi connectivity index (χ3n) is 2.99. The molecule has 0 saturated carbocycles. The van der Waals surface area contributed by atoms with Crippen LogP contribution in [0.15, 0.2) is 0 Å². The van der Waals surface area contributed by atoms with E-state index in [4.69, 9.17) is 0 Å². The lowest BCUT2D eigenvalue weighted by molar-refractivity contribution is -0.126. The van der Waals surface area contributed by atoms with Crippen LogP contribution in [0.5, 0.6) is 0 Å². The molecule has 1 fully saturated rings. The van der Waals surface area contributed by atoms with Crippen LogP contribution in [0.3, 0.4) is 0 Å². The summed E-state index contributed by atoms with van der Waals surface area (Å²) in [4.78, 5) is 14.0. The van der Waals surface area contributed by atoms with Gasteiger partial charge in [-0.1, -0.05) is 0 Å². The van der Waals surface area contributed by atoms with Gasteiger partial charge in [0, 0.05) is 25.7 Å². The van der Waals surface area contributed by atoms with E-state index in [0.29, 0.717) is 6.54 Å². The molecule has 1 aliphatic heterocycles. The van der Waals surface area contributed by atoms with Crippen molar-refractivity contribution in [2.24, 2.45) is 5.92 Å². The zero-order valence-corrected chi connectivity index (χ0v) is 10.4. The minimum Gasteiger partial charge on any atom is -0.355 e. The summed E-state index contributed by atoms with van der Waals surface area (Å²) in [5.74, 6) is 0.444. The number of hydrogen-bond donors (Lipinski definition) is 3. The lowest BCUT2D eigenvalue weighted by atomic mass is 9.96. The summed E-state index contributed by atoms with van der Waals surface area (Å²) in [6.45, 7) is 4.39. The van der Waals surface area contributed by atoms with Gasteiger partial charge in [-0.25, -0.2) is 0 Å². The van der Waals surface area contributed by atoms with Gasteiger partial charge in [-0.15, -0.1) is 0 Å². The molecule has 1 aliphatic rings. The van der Waals surface area contributed by atoms with Crippen molar-refractivity contribution < 1.29 is 4.79 Å². The van der Waals surface area contributed by atoms with Crippen LogP contribution in [0.2, 0.25) is 0 Å². The van der Waals surface area contributed by atoms with Crippen molar-refractivity contribution in [1.82, 2.24) is 20.9 Å². The van der Waals surface area contributed by atoms with Gasteiger partial charge in [-0.05, 0) is 40.0 Å². The zero-order valence-electron chi connectivity index (χ0n) is 10.4. The Morgan fingerprint density at radius 1 is 1.31 bits per heavy atom. The van der Waals surface area contributed by atoms with E-state index < -0.39 is 0 Å². The maximum Gasteiger partial charge on any atom is 0.223 e. The number of piperidine rings is 1. The van der Waals surface area contributed by atoms with Crippen LogP contribution >= 0.6 is 0 Å². The van der Waals surface area contributed by atoms with E-state index in [1.807, 2.05) is 7.05 Å². The molecule has 0 aromatic heterocycles. The first-order valence-electron chi connectivity index (χ1n) is 6.05. The molecule has 1 heterocycles. The summed E-state index contributed by atoms with van der Waals surface area (Å²) in [5, 5.41) is 9.14. The van der Waals surface area contributed by atoms with Gasteiger partial charge in [0.2, 0.25) is 5.91 Å². The van der Waals surface area contributed by atoms with E-state index in [-0.39, 0.29) is 11.8 Å². The molecule has 1 rings (SSSR count). The molecule has 1 amide bonds. The summed E-state index contributed by atoms with van der Waals surface area (Å²) in [5.41, 5.74) is 0.